The first-order valence-electron chi connectivity index (χ1n) is 8.48. The van der Waals surface area contributed by atoms with Gasteiger partial charge in [-0.05, 0) is 32.6 Å². The standard InChI is InChI=1S/C17H24N6O3/c1-9-7-13(23-22-9)20-12-8-11(18)14(19)15(21-12)10-3-5-17(26-2,6-4-10)16(24)25/h7-8,10H,3-6,19H2,1-2H3,(H,24,25)(H4,18,20,21,22,23). The quantitative estimate of drug-likeness (QED) is 0.544. The Bertz CT molecular complexity index is 811. The molecule has 1 fully saturated rings. The van der Waals surface area contributed by atoms with Crippen LogP contribution in [0.4, 0.5) is 23.0 Å². The average Bonchev–Trinajstić information content (AvgIpc) is 3.02. The van der Waals surface area contributed by atoms with Gasteiger partial charge in [0.2, 0.25) is 0 Å². The molecule has 0 amide bonds. The summed E-state index contributed by atoms with van der Waals surface area (Å²) in [4.78, 5) is 16.1. The predicted molar refractivity (Wildman–Crippen MR) is 98.3 cm³/mol. The zero-order chi connectivity index (χ0) is 18.9. The molecule has 0 aromatic carbocycles. The highest BCUT2D eigenvalue weighted by Crippen LogP contribution is 2.42. The maximum Gasteiger partial charge on any atom is 0.335 e. The van der Waals surface area contributed by atoms with Crippen molar-refractivity contribution >= 4 is 29.0 Å². The van der Waals surface area contributed by atoms with E-state index in [1.54, 1.807) is 6.07 Å². The fourth-order valence-electron chi connectivity index (χ4n) is 3.45. The summed E-state index contributed by atoms with van der Waals surface area (Å²) in [6.07, 6.45) is 2.03. The normalized spacial score (nSPS) is 22.9. The third kappa shape index (κ3) is 3.30. The van der Waals surface area contributed by atoms with Crippen molar-refractivity contribution in [1.82, 2.24) is 15.2 Å². The number of carbonyl (C=O) groups is 1. The molecule has 9 heteroatoms. The van der Waals surface area contributed by atoms with Gasteiger partial charge in [-0.15, -0.1) is 0 Å². The third-order valence-corrected chi connectivity index (χ3v) is 5.04. The van der Waals surface area contributed by atoms with E-state index in [0.717, 1.165) is 5.69 Å². The molecule has 1 aliphatic carbocycles. The summed E-state index contributed by atoms with van der Waals surface area (Å²) in [6, 6.07) is 3.52. The van der Waals surface area contributed by atoms with Crippen molar-refractivity contribution in [2.75, 3.05) is 23.9 Å². The number of rotatable bonds is 5. The number of aromatic nitrogens is 3. The largest absolute Gasteiger partial charge is 0.479 e. The Morgan fingerprint density at radius 3 is 2.58 bits per heavy atom. The monoisotopic (exact) mass is 360 g/mol. The lowest BCUT2D eigenvalue weighted by Gasteiger charge is -2.35. The van der Waals surface area contributed by atoms with Crippen molar-refractivity contribution in [3.8, 4) is 0 Å². The van der Waals surface area contributed by atoms with Crippen molar-refractivity contribution in [2.45, 2.75) is 44.1 Å². The van der Waals surface area contributed by atoms with Gasteiger partial charge in [-0.2, -0.15) is 5.10 Å². The Morgan fingerprint density at radius 1 is 1.35 bits per heavy atom. The number of nitrogen functional groups attached to an aromatic ring is 2. The molecule has 2 aromatic heterocycles. The van der Waals surface area contributed by atoms with Crippen LogP contribution < -0.4 is 16.8 Å². The fourth-order valence-corrected chi connectivity index (χ4v) is 3.45. The second kappa shape index (κ2) is 6.83. The molecule has 2 aromatic rings. The summed E-state index contributed by atoms with van der Waals surface area (Å²) in [5.41, 5.74) is 13.6. The molecule has 0 atom stereocenters. The van der Waals surface area contributed by atoms with Crippen molar-refractivity contribution in [1.29, 1.82) is 0 Å². The van der Waals surface area contributed by atoms with Crippen molar-refractivity contribution in [2.24, 2.45) is 0 Å². The number of hydrogen-bond acceptors (Lipinski definition) is 7. The number of nitrogens with one attached hydrogen (secondary N) is 2. The summed E-state index contributed by atoms with van der Waals surface area (Å²) in [6.45, 7) is 1.90. The molecule has 0 bridgehead atoms. The van der Waals surface area contributed by atoms with E-state index in [1.807, 2.05) is 13.0 Å². The first-order valence-corrected chi connectivity index (χ1v) is 8.48. The fraction of sp³-hybridized carbons (Fsp3) is 0.471. The first kappa shape index (κ1) is 18.0. The number of aryl methyl sites for hydroxylation is 1. The second-order valence-electron chi connectivity index (χ2n) is 6.73. The lowest BCUT2D eigenvalue weighted by molar-refractivity contribution is -0.166. The van der Waals surface area contributed by atoms with Gasteiger partial charge in [0, 0.05) is 30.9 Å². The zero-order valence-electron chi connectivity index (χ0n) is 14.9. The molecule has 1 aliphatic rings. The number of hydrogen-bond donors (Lipinski definition) is 5. The minimum absolute atomic E-state index is 0.0302. The number of pyridine rings is 1. The van der Waals surface area contributed by atoms with E-state index < -0.39 is 11.6 Å². The predicted octanol–water partition coefficient (Wildman–Crippen LogP) is 2.15. The van der Waals surface area contributed by atoms with E-state index in [0.29, 0.717) is 54.4 Å². The molecule has 9 nitrogen and oxygen atoms in total. The van der Waals surface area contributed by atoms with Crippen LogP contribution >= 0.6 is 0 Å². The van der Waals surface area contributed by atoms with Crippen molar-refractivity contribution in [3.05, 3.63) is 23.5 Å². The molecular formula is C17H24N6O3. The highest BCUT2D eigenvalue weighted by molar-refractivity contribution is 5.78. The molecule has 140 valence electrons. The van der Waals surface area contributed by atoms with Crippen molar-refractivity contribution in [3.63, 3.8) is 0 Å². The smallest absolute Gasteiger partial charge is 0.335 e. The Morgan fingerprint density at radius 2 is 2.04 bits per heavy atom. The van der Waals surface area contributed by atoms with Gasteiger partial charge in [0.25, 0.3) is 0 Å². The van der Waals surface area contributed by atoms with Crippen LogP contribution in [-0.4, -0.2) is 39.0 Å². The van der Waals surface area contributed by atoms with Crippen molar-refractivity contribution < 1.29 is 14.6 Å². The average molecular weight is 360 g/mol. The van der Waals surface area contributed by atoms with Gasteiger partial charge in [0.1, 0.15) is 5.82 Å². The maximum absolute atomic E-state index is 11.5. The zero-order valence-corrected chi connectivity index (χ0v) is 14.9. The molecule has 7 N–H and O–H groups in total. The van der Waals surface area contributed by atoms with Gasteiger partial charge in [-0.3, -0.25) is 5.10 Å². The van der Waals surface area contributed by atoms with E-state index in [1.165, 1.54) is 7.11 Å². The number of anilines is 4. The molecule has 26 heavy (non-hydrogen) atoms. The molecular weight excluding hydrogens is 336 g/mol. The highest BCUT2D eigenvalue weighted by atomic mass is 16.5. The minimum Gasteiger partial charge on any atom is -0.479 e. The highest BCUT2D eigenvalue weighted by Gasteiger charge is 2.43. The van der Waals surface area contributed by atoms with E-state index in [4.69, 9.17) is 16.2 Å². The summed E-state index contributed by atoms with van der Waals surface area (Å²) >= 11 is 0. The van der Waals surface area contributed by atoms with Crippen LogP contribution in [-0.2, 0) is 9.53 Å². The van der Waals surface area contributed by atoms with Gasteiger partial charge in [-0.1, -0.05) is 0 Å². The molecule has 0 unspecified atom stereocenters. The third-order valence-electron chi connectivity index (χ3n) is 5.04. The number of aromatic amines is 1. The van der Waals surface area contributed by atoms with Crippen LogP contribution in [0.2, 0.25) is 0 Å². The lowest BCUT2D eigenvalue weighted by Crippen LogP contribution is -2.43. The molecule has 0 spiro atoms. The van der Waals surface area contributed by atoms with Gasteiger partial charge < -0.3 is 26.6 Å². The molecule has 0 aliphatic heterocycles. The van der Waals surface area contributed by atoms with Crippen LogP contribution in [0.15, 0.2) is 12.1 Å². The summed E-state index contributed by atoms with van der Waals surface area (Å²) in [5.74, 6) is 0.295. The first-order chi connectivity index (χ1) is 12.3. The van der Waals surface area contributed by atoms with Gasteiger partial charge in [0.15, 0.2) is 11.4 Å². The number of nitrogens with two attached hydrogens (primary N) is 2. The van der Waals surface area contributed by atoms with Crippen LogP contribution in [0.3, 0.4) is 0 Å². The van der Waals surface area contributed by atoms with Crippen LogP contribution in [0, 0.1) is 6.92 Å². The number of carboxylic acids is 1. The lowest BCUT2D eigenvalue weighted by atomic mass is 9.77. The Balaban J connectivity index is 1.83. The molecule has 2 heterocycles. The van der Waals surface area contributed by atoms with Crippen LogP contribution in [0.1, 0.15) is 43.0 Å². The van der Waals surface area contributed by atoms with E-state index in [9.17, 15) is 9.90 Å². The second-order valence-corrected chi connectivity index (χ2v) is 6.73. The number of aliphatic carboxylic acids is 1. The Kier molecular flexibility index (Phi) is 4.73. The number of nitrogens with zero attached hydrogens (tertiary/aromatic N) is 2. The van der Waals surface area contributed by atoms with Gasteiger partial charge >= 0.3 is 5.97 Å². The van der Waals surface area contributed by atoms with Crippen LogP contribution in [0.5, 0.6) is 0 Å². The molecule has 0 saturated heterocycles. The summed E-state index contributed by atoms with van der Waals surface area (Å²) in [7, 11) is 1.44. The number of H-pyrrole nitrogens is 1. The SMILES string of the molecule is COC1(C(=O)O)CCC(c2nc(Nc3cc(C)[nH]n3)cc(N)c2N)CC1. The number of ether oxygens (including phenoxy) is 1. The number of carboxylic acid groups (broad SMARTS) is 1. The van der Waals surface area contributed by atoms with Gasteiger partial charge in [-0.25, -0.2) is 9.78 Å². The summed E-state index contributed by atoms with van der Waals surface area (Å²) < 4.78 is 5.28. The minimum atomic E-state index is -1.13. The Labute approximate surface area is 151 Å². The van der Waals surface area contributed by atoms with E-state index >= 15 is 0 Å². The maximum atomic E-state index is 11.5. The van der Waals surface area contributed by atoms with Gasteiger partial charge in [0.05, 0.1) is 17.1 Å². The molecule has 3 rings (SSSR count). The topological polar surface area (TPSA) is 152 Å². The van der Waals surface area contributed by atoms with E-state index in [2.05, 4.69) is 20.5 Å². The van der Waals surface area contributed by atoms with E-state index in [-0.39, 0.29) is 5.92 Å². The Hall–Kier alpha value is -2.81. The number of methoxy groups -OCH3 is 1. The summed E-state index contributed by atoms with van der Waals surface area (Å²) in [5, 5.41) is 19.5. The molecule has 0 radical (unpaired) electrons. The molecule has 1 saturated carbocycles. The van der Waals surface area contributed by atoms with Crippen LogP contribution in [0.25, 0.3) is 0 Å².